The van der Waals surface area contributed by atoms with Gasteiger partial charge >= 0.3 is 0 Å². The van der Waals surface area contributed by atoms with Crippen LogP contribution in [0.3, 0.4) is 0 Å². The number of methoxy groups -OCH3 is 2. The summed E-state index contributed by atoms with van der Waals surface area (Å²) in [5.74, 6) is 0.475. The van der Waals surface area contributed by atoms with Crippen LogP contribution in [0.2, 0.25) is 5.02 Å². The van der Waals surface area contributed by atoms with Gasteiger partial charge in [-0.1, -0.05) is 11.6 Å². The average Bonchev–Trinajstić information content (AvgIpc) is 2.36. The summed E-state index contributed by atoms with van der Waals surface area (Å²) in [7, 11) is 2.93. The summed E-state index contributed by atoms with van der Waals surface area (Å²) in [6, 6.07) is 3.05. The number of rotatable bonds is 3. The summed E-state index contributed by atoms with van der Waals surface area (Å²) in [6.07, 6.45) is 0. The first kappa shape index (κ1) is 13.4. The van der Waals surface area contributed by atoms with Crippen molar-refractivity contribution in [1.29, 1.82) is 0 Å². The lowest BCUT2D eigenvalue weighted by molar-refractivity contribution is 0.101. The number of fused-ring (bicyclic) bond motifs is 1. The van der Waals surface area contributed by atoms with Crippen LogP contribution in [0.4, 0.5) is 0 Å². The molecule has 6 heteroatoms. The maximum Gasteiger partial charge on any atom is 0.259 e. The first-order valence-corrected chi connectivity index (χ1v) is 5.85. The van der Waals surface area contributed by atoms with Crippen molar-refractivity contribution in [2.45, 2.75) is 6.92 Å². The van der Waals surface area contributed by atoms with E-state index >= 15 is 0 Å². The quantitative estimate of drug-likeness (QED) is 0.877. The van der Waals surface area contributed by atoms with Crippen molar-refractivity contribution in [3.05, 3.63) is 33.1 Å². The molecule has 1 aromatic carbocycles. The molecule has 0 saturated carbocycles. The molecule has 2 rings (SSSR count). The molecule has 0 aliphatic carbocycles. The number of carbonyl (C=O) groups is 1. The number of Topliss-reactive ketones (excluding diaryl/α,β-unsaturated/α-hetero) is 1. The van der Waals surface area contributed by atoms with Crippen LogP contribution < -0.4 is 15.0 Å². The predicted octanol–water partition coefficient (Wildman–Crippen LogP) is 2.40. The summed E-state index contributed by atoms with van der Waals surface area (Å²) in [4.78, 5) is 25.9. The van der Waals surface area contributed by atoms with Crippen molar-refractivity contribution in [2.75, 3.05) is 14.2 Å². The number of aromatic amines is 1. The van der Waals surface area contributed by atoms with Crippen LogP contribution in [0, 0.1) is 0 Å². The highest BCUT2D eigenvalue weighted by Gasteiger charge is 2.16. The van der Waals surface area contributed by atoms with E-state index in [1.807, 2.05) is 0 Å². The number of benzene rings is 1. The minimum Gasteiger partial charge on any atom is -0.496 e. The smallest absolute Gasteiger partial charge is 0.259 e. The molecule has 100 valence electrons. The third kappa shape index (κ3) is 2.17. The number of aromatic nitrogens is 1. The van der Waals surface area contributed by atoms with Crippen LogP contribution in [-0.4, -0.2) is 25.0 Å². The molecule has 0 atom stereocenters. The number of hydrogen-bond acceptors (Lipinski definition) is 4. The van der Waals surface area contributed by atoms with E-state index in [4.69, 9.17) is 21.1 Å². The molecule has 0 radical (unpaired) electrons. The molecule has 1 N–H and O–H groups in total. The number of hydrogen-bond donors (Lipinski definition) is 1. The second-order valence-corrected chi connectivity index (χ2v) is 4.36. The van der Waals surface area contributed by atoms with Crippen LogP contribution >= 0.6 is 11.6 Å². The summed E-state index contributed by atoms with van der Waals surface area (Å²) in [5, 5.41) is 0.881. The van der Waals surface area contributed by atoms with Crippen molar-refractivity contribution >= 4 is 28.3 Å². The molecule has 1 heterocycles. The van der Waals surface area contributed by atoms with Gasteiger partial charge in [0, 0.05) is 11.5 Å². The third-order valence-corrected chi connectivity index (χ3v) is 3.09. The van der Waals surface area contributed by atoms with Crippen LogP contribution in [0.1, 0.15) is 17.3 Å². The fourth-order valence-electron chi connectivity index (χ4n) is 1.91. The zero-order valence-electron chi connectivity index (χ0n) is 10.7. The van der Waals surface area contributed by atoms with E-state index in [0.717, 1.165) is 0 Å². The maximum atomic E-state index is 11.8. The van der Waals surface area contributed by atoms with Gasteiger partial charge in [0.1, 0.15) is 5.75 Å². The Labute approximate surface area is 114 Å². The van der Waals surface area contributed by atoms with Crippen molar-refractivity contribution in [3.8, 4) is 11.5 Å². The Balaban J connectivity index is 2.96. The number of H-pyrrole nitrogens is 1. The van der Waals surface area contributed by atoms with E-state index in [2.05, 4.69) is 4.98 Å². The van der Waals surface area contributed by atoms with Crippen molar-refractivity contribution in [2.24, 2.45) is 0 Å². The molecule has 19 heavy (non-hydrogen) atoms. The number of nitrogens with one attached hydrogen (secondary N) is 1. The molecule has 0 fully saturated rings. The van der Waals surface area contributed by atoms with Gasteiger partial charge in [-0.05, 0) is 13.0 Å². The van der Waals surface area contributed by atoms with Gasteiger partial charge in [0.2, 0.25) is 0 Å². The minimum absolute atomic E-state index is 0.0650. The van der Waals surface area contributed by atoms with Crippen molar-refractivity contribution in [1.82, 2.24) is 4.98 Å². The summed E-state index contributed by atoms with van der Waals surface area (Å²) in [6.45, 7) is 1.33. The molecule has 2 aromatic rings. The second-order valence-electron chi connectivity index (χ2n) is 3.95. The summed E-state index contributed by atoms with van der Waals surface area (Å²) >= 11 is 6.05. The lowest BCUT2D eigenvalue weighted by Crippen LogP contribution is -2.16. The molecule has 0 aliphatic rings. The zero-order chi connectivity index (χ0) is 14.2. The molecule has 0 amide bonds. The van der Waals surface area contributed by atoms with Crippen molar-refractivity contribution in [3.63, 3.8) is 0 Å². The second kappa shape index (κ2) is 4.93. The minimum atomic E-state index is -0.484. The average molecular weight is 282 g/mol. The lowest BCUT2D eigenvalue weighted by atomic mass is 10.1. The normalized spacial score (nSPS) is 10.5. The highest BCUT2D eigenvalue weighted by Crippen LogP contribution is 2.37. The van der Waals surface area contributed by atoms with E-state index in [1.165, 1.54) is 27.2 Å². The van der Waals surface area contributed by atoms with Gasteiger partial charge < -0.3 is 14.5 Å². The summed E-state index contributed by atoms with van der Waals surface area (Å²) in [5.41, 5.74) is -0.0142. The Morgan fingerprint density at radius 2 is 1.95 bits per heavy atom. The van der Waals surface area contributed by atoms with Gasteiger partial charge in [-0.25, -0.2) is 0 Å². The largest absolute Gasteiger partial charge is 0.496 e. The van der Waals surface area contributed by atoms with E-state index < -0.39 is 5.56 Å². The molecule has 0 bridgehead atoms. The molecule has 0 spiro atoms. The molecule has 0 saturated heterocycles. The molecule has 0 unspecified atom stereocenters. The van der Waals surface area contributed by atoms with Gasteiger partial charge in [-0.3, -0.25) is 9.59 Å². The Morgan fingerprint density at radius 3 is 2.47 bits per heavy atom. The van der Waals surface area contributed by atoms with Gasteiger partial charge in [0.25, 0.3) is 5.56 Å². The SMILES string of the molecule is COc1cc(Cl)c(OC)c2[nH]c(=O)c(C(C)=O)cc12. The number of halogens is 1. The van der Waals surface area contributed by atoms with E-state index in [1.54, 1.807) is 6.07 Å². The van der Waals surface area contributed by atoms with Crippen molar-refractivity contribution < 1.29 is 14.3 Å². The maximum absolute atomic E-state index is 11.8. The van der Waals surface area contributed by atoms with Crippen LogP contribution in [-0.2, 0) is 0 Å². The van der Waals surface area contributed by atoms with Crippen LogP contribution in [0.25, 0.3) is 10.9 Å². The first-order valence-electron chi connectivity index (χ1n) is 5.48. The monoisotopic (exact) mass is 281 g/mol. The lowest BCUT2D eigenvalue weighted by Gasteiger charge is -2.12. The van der Waals surface area contributed by atoms with Gasteiger partial charge in [0.05, 0.1) is 30.3 Å². The van der Waals surface area contributed by atoms with Crippen LogP contribution in [0.15, 0.2) is 16.9 Å². The predicted molar refractivity (Wildman–Crippen MR) is 72.7 cm³/mol. The molecule has 5 nitrogen and oxygen atoms in total. The zero-order valence-corrected chi connectivity index (χ0v) is 11.4. The Hall–Kier alpha value is -2.01. The topological polar surface area (TPSA) is 68.4 Å². The molecular weight excluding hydrogens is 270 g/mol. The standard InChI is InChI=1S/C13H12ClNO4/c1-6(16)7-4-8-10(18-2)5-9(14)12(19-3)11(8)15-13(7)17/h4-5H,1-3H3,(H,15,17). The fourth-order valence-corrected chi connectivity index (χ4v) is 2.18. The van der Waals surface area contributed by atoms with E-state index in [9.17, 15) is 9.59 Å². The Morgan fingerprint density at radius 1 is 1.26 bits per heavy atom. The number of carbonyl (C=O) groups excluding carboxylic acids is 1. The highest BCUT2D eigenvalue weighted by molar-refractivity contribution is 6.33. The Bertz CT molecular complexity index is 721. The van der Waals surface area contributed by atoms with Crippen LogP contribution in [0.5, 0.6) is 11.5 Å². The molecule has 0 aliphatic heterocycles. The van der Waals surface area contributed by atoms with E-state index in [-0.39, 0.29) is 11.3 Å². The number of ketones is 1. The fraction of sp³-hybridized carbons (Fsp3) is 0.231. The Kier molecular flexibility index (Phi) is 3.48. The van der Waals surface area contributed by atoms with E-state index in [0.29, 0.717) is 27.4 Å². The first-order chi connectivity index (χ1) is 8.99. The number of pyridine rings is 1. The molecule has 1 aromatic heterocycles. The van der Waals surface area contributed by atoms with Gasteiger partial charge in [-0.15, -0.1) is 0 Å². The van der Waals surface area contributed by atoms with Gasteiger partial charge in [0.15, 0.2) is 11.5 Å². The summed E-state index contributed by atoms with van der Waals surface area (Å²) < 4.78 is 10.4. The molecular formula is C13H12ClNO4. The third-order valence-electron chi connectivity index (χ3n) is 2.81. The highest BCUT2D eigenvalue weighted by atomic mass is 35.5. The number of ether oxygens (including phenoxy) is 2. The van der Waals surface area contributed by atoms with Gasteiger partial charge in [-0.2, -0.15) is 0 Å².